The largest absolute Gasteiger partial charge is 0.347 e. The third-order valence-electron chi connectivity index (χ3n) is 5.07. The van der Waals surface area contributed by atoms with Crippen LogP contribution in [0.2, 0.25) is 0 Å². The number of allylic oxidation sites excluding steroid dienone is 2. The lowest BCUT2D eigenvalue weighted by atomic mass is 10.1. The highest BCUT2D eigenvalue weighted by Crippen LogP contribution is 2.59. The second kappa shape index (κ2) is 7.03. The van der Waals surface area contributed by atoms with Crippen molar-refractivity contribution in [2.75, 3.05) is 11.9 Å². The van der Waals surface area contributed by atoms with Crippen LogP contribution in [0.15, 0.2) is 23.8 Å². The van der Waals surface area contributed by atoms with Gasteiger partial charge < -0.3 is 10.6 Å². The average Bonchev–Trinajstić information content (AvgIpc) is 3.00. The number of hydrogen-bond donors (Lipinski definition) is 2. The molecule has 2 atom stereocenters. The monoisotopic (exact) mass is 342 g/mol. The maximum absolute atomic E-state index is 12.4. The van der Waals surface area contributed by atoms with Crippen LogP contribution < -0.4 is 10.6 Å². The minimum atomic E-state index is -0.194. The molecule has 0 bridgehead atoms. The minimum absolute atomic E-state index is 0.000287. The van der Waals surface area contributed by atoms with Gasteiger partial charge in [0.2, 0.25) is 11.8 Å². The smallest absolute Gasteiger partial charge is 0.243 e. The molecule has 1 aromatic rings. The SMILES string of the molecule is CC(C)=C[C@@H]1[C@@H](C(=O)NCC(=O)Nc2c(C)cc(C)cc2C)C1(C)C. The van der Waals surface area contributed by atoms with E-state index in [1.165, 1.54) is 11.1 Å². The van der Waals surface area contributed by atoms with Gasteiger partial charge in [0, 0.05) is 5.69 Å². The number of benzene rings is 1. The summed E-state index contributed by atoms with van der Waals surface area (Å²) >= 11 is 0. The van der Waals surface area contributed by atoms with Gasteiger partial charge in [0.05, 0.1) is 12.5 Å². The predicted molar refractivity (Wildman–Crippen MR) is 102 cm³/mol. The highest BCUT2D eigenvalue weighted by Gasteiger charge is 2.60. The van der Waals surface area contributed by atoms with Crippen LogP contribution in [0.5, 0.6) is 0 Å². The van der Waals surface area contributed by atoms with E-state index in [1.807, 2.05) is 46.8 Å². The maximum atomic E-state index is 12.4. The van der Waals surface area contributed by atoms with Crippen LogP contribution in [-0.4, -0.2) is 18.4 Å². The number of aryl methyl sites for hydroxylation is 3. The number of anilines is 1. The number of rotatable bonds is 5. The van der Waals surface area contributed by atoms with Gasteiger partial charge in [-0.2, -0.15) is 0 Å². The zero-order valence-corrected chi connectivity index (χ0v) is 16.4. The Balaban J connectivity index is 1.93. The summed E-state index contributed by atoms with van der Waals surface area (Å²) in [7, 11) is 0. The van der Waals surface area contributed by atoms with Gasteiger partial charge in [-0.05, 0) is 57.1 Å². The molecule has 1 aliphatic carbocycles. The number of amides is 2. The van der Waals surface area contributed by atoms with Gasteiger partial charge in [-0.15, -0.1) is 0 Å². The van der Waals surface area contributed by atoms with Crippen molar-refractivity contribution >= 4 is 17.5 Å². The first-order valence-electron chi connectivity index (χ1n) is 8.84. The van der Waals surface area contributed by atoms with Crippen molar-refractivity contribution in [1.29, 1.82) is 0 Å². The lowest BCUT2D eigenvalue weighted by Gasteiger charge is -2.13. The molecule has 1 aromatic carbocycles. The van der Waals surface area contributed by atoms with Crippen molar-refractivity contribution < 1.29 is 9.59 Å². The Morgan fingerprint density at radius 2 is 1.68 bits per heavy atom. The Morgan fingerprint density at radius 3 is 2.20 bits per heavy atom. The van der Waals surface area contributed by atoms with Gasteiger partial charge in [-0.1, -0.05) is 43.2 Å². The summed E-state index contributed by atoms with van der Waals surface area (Å²) in [5.74, 6) is -0.0409. The summed E-state index contributed by atoms with van der Waals surface area (Å²) < 4.78 is 0. The standard InChI is InChI=1S/C21H30N2O2/c1-12(2)8-16-18(21(16,6)7)20(25)22-11-17(24)23-19-14(4)9-13(3)10-15(19)5/h8-10,16,18H,11H2,1-7H3,(H,22,25)(H,23,24)/t16-,18+/m1/s1. The van der Waals surface area contributed by atoms with Crippen LogP contribution in [0.3, 0.4) is 0 Å². The van der Waals surface area contributed by atoms with Crippen molar-refractivity contribution in [2.24, 2.45) is 17.3 Å². The summed E-state index contributed by atoms with van der Waals surface area (Å²) in [4.78, 5) is 24.7. The predicted octanol–water partition coefficient (Wildman–Crippen LogP) is 3.90. The second-order valence-corrected chi connectivity index (χ2v) is 8.11. The first kappa shape index (κ1) is 19.2. The first-order valence-corrected chi connectivity index (χ1v) is 8.84. The van der Waals surface area contributed by atoms with Crippen molar-refractivity contribution in [3.05, 3.63) is 40.5 Å². The van der Waals surface area contributed by atoms with Gasteiger partial charge in [0.15, 0.2) is 0 Å². The molecule has 2 rings (SSSR count). The van der Waals surface area contributed by atoms with Gasteiger partial charge in [-0.3, -0.25) is 9.59 Å². The van der Waals surface area contributed by atoms with Crippen molar-refractivity contribution in [3.63, 3.8) is 0 Å². The molecule has 4 nitrogen and oxygen atoms in total. The van der Waals surface area contributed by atoms with E-state index in [4.69, 9.17) is 0 Å². The molecule has 0 heterocycles. The van der Waals surface area contributed by atoms with Crippen LogP contribution in [-0.2, 0) is 9.59 Å². The highest BCUT2D eigenvalue weighted by atomic mass is 16.2. The normalized spacial score (nSPS) is 20.6. The molecule has 4 heteroatoms. The van der Waals surface area contributed by atoms with Gasteiger partial charge in [0.1, 0.15) is 0 Å². The molecule has 136 valence electrons. The van der Waals surface area contributed by atoms with Gasteiger partial charge >= 0.3 is 0 Å². The van der Waals surface area contributed by atoms with Crippen molar-refractivity contribution in [1.82, 2.24) is 5.32 Å². The molecular formula is C21H30N2O2. The van der Waals surface area contributed by atoms with Crippen molar-refractivity contribution in [2.45, 2.75) is 48.5 Å². The number of carbonyl (C=O) groups excluding carboxylic acids is 2. The molecular weight excluding hydrogens is 312 g/mol. The first-order chi connectivity index (χ1) is 11.5. The van der Waals surface area contributed by atoms with E-state index < -0.39 is 0 Å². The molecule has 1 aliphatic rings. The molecule has 0 saturated heterocycles. The van der Waals surface area contributed by atoms with Crippen LogP contribution in [0, 0.1) is 38.0 Å². The van der Waals surface area contributed by atoms with E-state index >= 15 is 0 Å². The third-order valence-corrected chi connectivity index (χ3v) is 5.07. The van der Waals surface area contributed by atoms with Gasteiger partial charge in [-0.25, -0.2) is 0 Å². The molecule has 25 heavy (non-hydrogen) atoms. The van der Waals surface area contributed by atoms with Crippen LogP contribution in [0.4, 0.5) is 5.69 Å². The van der Waals surface area contributed by atoms with E-state index in [9.17, 15) is 9.59 Å². The Labute approximate surface area is 151 Å². The summed E-state index contributed by atoms with van der Waals surface area (Å²) in [5.41, 5.74) is 5.24. The fourth-order valence-electron chi connectivity index (χ4n) is 3.69. The van der Waals surface area contributed by atoms with Crippen LogP contribution >= 0.6 is 0 Å². The third kappa shape index (κ3) is 4.30. The zero-order chi connectivity index (χ0) is 18.9. The second-order valence-electron chi connectivity index (χ2n) is 8.11. The molecule has 1 saturated carbocycles. The Bertz CT molecular complexity index is 704. The molecule has 0 spiro atoms. The molecule has 1 fully saturated rings. The molecule has 2 N–H and O–H groups in total. The molecule has 0 aromatic heterocycles. The van der Waals surface area contributed by atoms with Crippen LogP contribution in [0.25, 0.3) is 0 Å². The maximum Gasteiger partial charge on any atom is 0.243 e. The van der Waals surface area contributed by atoms with E-state index in [0.717, 1.165) is 16.8 Å². The lowest BCUT2D eigenvalue weighted by molar-refractivity contribution is -0.125. The lowest BCUT2D eigenvalue weighted by Crippen LogP contribution is -2.35. The summed E-state index contributed by atoms with van der Waals surface area (Å²) in [6, 6.07) is 4.08. The summed E-state index contributed by atoms with van der Waals surface area (Å²) in [6.07, 6.45) is 2.16. The molecule has 2 amide bonds. The van der Waals surface area contributed by atoms with Gasteiger partial charge in [0.25, 0.3) is 0 Å². The highest BCUT2D eigenvalue weighted by molar-refractivity contribution is 5.96. The zero-order valence-electron chi connectivity index (χ0n) is 16.4. The summed E-state index contributed by atoms with van der Waals surface area (Å²) in [5, 5.41) is 5.71. The van der Waals surface area contributed by atoms with Crippen LogP contribution in [0.1, 0.15) is 44.4 Å². The fourth-order valence-corrected chi connectivity index (χ4v) is 3.69. The average molecular weight is 342 g/mol. The quantitative estimate of drug-likeness (QED) is 0.797. The Hall–Kier alpha value is -2.10. The minimum Gasteiger partial charge on any atom is -0.347 e. The molecule has 0 unspecified atom stereocenters. The van der Waals surface area contributed by atoms with E-state index in [2.05, 4.69) is 30.6 Å². The number of carbonyl (C=O) groups is 2. The topological polar surface area (TPSA) is 58.2 Å². The Kier molecular flexibility index (Phi) is 5.40. The Morgan fingerprint density at radius 1 is 1.12 bits per heavy atom. The van der Waals surface area contributed by atoms with E-state index in [0.29, 0.717) is 0 Å². The number of nitrogens with one attached hydrogen (secondary N) is 2. The van der Waals surface area contributed by atoms with E-state index in [1.54, 1.807) is 0 Å². The molecule has 0 aliphatic heterocycles. The van der Waals surface area contributed by atoms with Crippen molar-refractivity contribution in [3.8, 4) is 0 Å². The molecule has 0 radical (unpaired) electrons. The number of hydrogen-bond acceptors (Lipinski definition) is 2. The van der Waals surface area contributed by atoms with E-state index in [-0.39, 0.29) is 35.6 Å². The summed E-state index contributed by atoms with van der Waals surface area (Å²) in [6.45, 7) is 14.3. The fraction of sp³-hybridized carbons (Fsp3) is 0.524.